The van der Waals surface area contributed by atoms with E-state index < -0.39 is 23.8 Å². The summed E-state index contributed by atoms with van der Waals surface area (Å²) in [6, 6.07) is 0. The molecule has 0 atom stereocenters. The van der Waals surface area contributed by atoms with Crippen LogP contribution in [0, 0.1) is 10.8 Å². The molecule has 0 unspecified atom stereocenters. The van der Waals surface area contributed by atoms with E-state index in [4.69, 9.17) is 22.3 Å². The summed E-state index contributed by atoms with van der Waals surface area (Å²) >= 11 is 0. The maximum absolute atomic E-state index is 6.42. The van der Waals surface area contributed by atoms with Gasteiger partial charge in [0.25, 0.3) is 0 Å². The fourth-order valence-electron chi connectivity index (χ4n) is 0.260. The minimum absolute atomic E-state index is 0. The molecule has 0 saturated carbocycles. The van der Waals surface area contributed by atoms with Gasteiger partial charge in [-0.1, -0.05) is 0 Å². The van der Waals surface area contributed by atoms with Gasteiger partial charge in [-0.3, -0.25) is 10.8 Å². The van der Waals surface area contributed by atoms with Crippen molar-refractivity contribution in [1.29, 1.82) is 10.8 Å². The van der Waals surface area contributed by atoms with Gasteiger partial charge < -0.3 is 55.3 Å². The first-order valence-corrected chi connectivity index (χ1v) is 3.05. The van der Waals surface area contributed by atoms with Gasteiger partial charge >= 0.3 is 16.5 Å². The zero-order chi connectivity index (χ0) is 11.7. The van der Waals surface area contributed by atoms with Crippen LogP contribution in [0.25, 0.3) is 11.5 Å². The molecule has 104 valence electrons. The van der Waals surface area contributed by atoms with Crippen LogP contribution in [0.1, 0.15) is 0 Å². The third-order valence-electron chi connectivity index (χ3n) is 0.482. The van der Waals surface area contributed by atoms with Crippen LogP contribution < -0.4 is 22.9 Å². The molecule has 0 spiro atoms. The molecule has 0 rings (SSSR count). The second-order valence-corrected chi connectivity index (χ2v) is 1.76. The molecular weight excluding hydrogens is 279 g/mol. The number of nitrogens with zero attached hydrogens (tertiary/aromatic N) is 2. The third kappa shape index (κ3) is 56.6. The minimum atomic E-state index is -0.437. The maximum atomic E-state index is 6.42. The smallest absolute Gasteiger partial charge is 0.454 e. The van der Waals surface area contributed by atoms with E-state index >= 15 is 0 Å². The summed E-state index contributed by atoms with van der Waals surface area (Å²) in [5.41, 5.74) is 31.6. The van der Waals surface area contributed by atoms with Gasteiger partial charge in [0, 0.05) is 11.9 Å². The number of nitrogens with two attached hydrogens (primary N) is 4. The van der Waals surface area contributed by atoms with E-state index in [0.717, 1.165) is 0 Å². The SMILES string of the molecule is N=C(N)/N=C(\[NH-])N.N=C(N)/N=C(\[NH-])N.O.O.[Ni+2]. The van der Waals surface area contributed by atoms with Gasteiger partial charge in [-0.2, -0.15) is 0 Å². The summed E-state index contributed by atoms with van der Waals surface area (Å²) in [6.45, 7) is 0. The number of rotatable bonds is 0. The van der Waals surface area contributed by atoms with E-state index in [-0.39, 0.29) is 27.4 Å². The van der Waals surface area contributed by atoms with Gasteiger partial charge in [0.05, 0.1) is 0 Å². The van der Waals surface area contributed by atoms with Crippen LogP contribution in [0.4, 0.5) is 0 Å². The van der Waals surface area contributed by atoms with Crippen molar-refractivity contribution in [2.24, 2.45) is 32.9 Å². The van der Waals surface area contributed by atoms with Crippen molar-refractivity contribution < 1.29 is 27.4 Å². The molecule has 0 heterocycles. The van der Waals surface area contributed by atoms with Gasteiger partial charge in [-0.05, 0) is 0 Å². The van der Waals surface area contributed by atoms with Crippen molar-refractivity contribution in [3.05, 3.63) is 11.5 Å². The molecule has 0 saturated heterocycles. The molecule has 0 aromatic carbocycles. The number of aliphatic imine (C=N–C) groups is 2. The van der Waals surface area contributed by atoms with Crippen LogP contribution >= 0.6 is 0 Å². The average Bonchev–Trinajstić information content (AvgIpc) is 1.79. The predicted molar refractivity (Wildman–Crippen MR) is 62.9 cm³/mol. The van der Waals surface area contributed by atoms with Gasteiger partial charge in [-0.25, -0.2) is 0 Å². The van der Waals surface area contributed by atoms with E-state index in [0.29, 0.717) is 0 Å². The monoisotopic (exact) mass is 294 g/mol. The first kappa shape index (κ1) is 29.4. The van der Waals surface area contributed by atoms with E-state index in [2.05, 4.69) is 32.9 Å². The van der Waals surface area contributed by atoms with Crippen LogP contribution in [0.5, 0.6) is 0 Å². The molecule has 0 radical (unpaired) electrons. The molecule has 0 bridgehead atoms. The fraction of sp³-hybridized carbons (Fsp3) is 0. The Hall–Kier alpha value is -2.11. The van der Waals surface area contributed by atoms with Crippen molar-refractivity contribution in [2.75, 3.05) is 0 Å². The van der Waals surface area contributed by atoms with Gasteiger partial charge in [0.15, 0.2) is 0 Å². The molecule has 0 aliphatic heterocycles. The number of nitrogens with one attached hydrogen (secondary N) is 4. The van der Waals surface area contributed by atoms with Crippen LogP contribution in [-0.2, 0) is 16.5 Å². The number of hydrogen-bond donors (Lipinski definition) is 6. The Morgan fingerprint density at radius 2 is 0.941 bits per heavy atom. The number of guanidine groups is 4. The molecular formula is C4H16N10NiO2. The minimum Gasteiger partial charge on any atom is -0.454 e. The molecule has 13 heteroatoms. The van der Waals surface area contributed by atoms with Crippen molar-refractivity contribution in [1.82, 2.24) is 0 Å². The Morgan fingerprint density at radius 1 is 0.765 bits per heavy atom. The zero-order valence-corrected chi connectivity index (χ0v) is 9.51. The third-order valence-corrected chi connectivity index (χ3v) is 0.482. The van der Waals surface area contributed by atoms with Crippen molar-refractivity contribution in [3.63, 3.8) is 0 Å². The molecule has 0 aliphatic rings. The van der Waals surface area contributed by atoms with Gasteiger partial charge in [-0.15, -0.1) is 0 Å². The molecule has 17 heavy (non-hydrogen) atoms. The first-order valence-electron chi connectivity index (χ1n) is 3.05. The summed E-state index contributed by atoms with van der Waals surface area (Å²) in [4.78, 5) is 6.00. The Morgan fingerprint density at radius 3 is 0.941 bits per heavy atom. The van der Waals surface area contributed by atoms with E-state index in [1.807, 2.05) is 0 Å². The fourth-order valence-corrected chi connectivity index (χ4v) is 0.260. The van der Waals surface area contributed by atoms with Crippen molar-refractivity contribution in [2.45, 2.75) is 0 Å². The summed E-state index contributed by atoms with van der Waals surface area (Å²) in [5.74, 6) is -1.75. The molecule has 12 nitrogen and oxygen atoms in total. The number of hydrogen-bond acceptors (Lipinski definition) is 2. The summed E-state index contributed by atoms with van der Waals surface area (Å²) in [7, 11) is 0. The van der Waals surface area contributed by atoms with Crippen molar-refractivity contribution in [3.8, 4) is 0 Å². The summed E-state index contributed by atoms with van der Waals surface area (Å²) in [5, 5.41) is 12.8. The van der Waals surface area contributed by atoms with E-state index in [1.54, 1.807) is 0 Å². The largest absolute Gasteiger partial charge is 2.00 e. The molecule has 0 aromatic heterocycles. The maximum Gasteiger partial charge on any atom is 2.00 e. The normalized spacial score (nSPS) is 9.18. The first-order chi connectivity index (χ1) is 6.25. The molecule has 16 N–H and O–H groups in total. The van der Waals surface area contributed by atoms with Crippen LogP contribution in [0.2, 0.25) is 0 Å². The quantitative estimate of drug-likeness (QED) is 0.153. The Kier molecular flexibility index (Phi) is 28.2. The Labute approximate surface area is 107 Å². The second-order valence-electron chi connectivity index (χ2n) is 1.76. The average molecular weight is 295 g/mol. The second kappa shape index (κ2) is 16.3. The summed E-state index contributed by atoms with van der Waals surface area (Å²) in [6.07, 6.45) is 0. The molecule has 0 amide bonds. The standard InChI is InChI=1S/2C2H6N5.Ni.2H2O/c2*3-1(4)7-2(5)6;;;/h2*(H6-,3,4,5,6,7);;2*1H2/q2*-1;+2;;. The van der Waals surface area contributed by atoms with Gasteiger partial charge in [0.2, 0.25) is 0 Å². The van der Waals surface area contributed by atoms with E-state index in [9.17, 15) is 0 Å². The predicted octanol–water partition coefficient (Wildman–Crippen LogP) is -3.16. The molecule has 0 aromatic rings. The molecule has 0 aliphatic carbocycles. The zero-order valence-electron chi connectivity index (χ0n) is 8.52. The molecule has 0 fully saturated rings. The van der Waals surface area contributed by atoms with Gasteiger partial charge in [0.1, 0.15) is 11.9 Å². The Balaban J connectivity index is -0.0000000480. The topological polar surface area (TPSA) is 287 Å². The van der Waals surface area contributed by atoms with Crippen LogP contribution in [-0.4, -0.2) is 34.8 Å². The Bertz CT molecular complexity index is 239. The van der Waals surface area contributed by atoms with Crippen LogP contribution in [0.15, 0.2) is 9.98 Å². The van der Waals surface area contributed by atoms with Crippen molar-refractivity contribution >= 4 is 23.8 Å². The van der Waals surface area contributed by atoms with E-state index in [1.165, 1.54) is 0 Å². The summed E-state index contributed by atoms with van der Waals surface area (Å²) < 4.78 is 0. The van der Waals surface area contributed by atoms with Crippen LogP contribution in [0.3, 0.4) is 0 Å².